The average Bonchev–Trinajstić information content (AvgIpc) is 2.61. The van der Waals surface area contributed by atoms with Gasteiger partial charge in [0.2, 0.25) is 15.9 Å². The van der Waals surface area contributed by atoms with Crippen LogP contribution in [0, 0.1) is 6.92 Å². The molecule has 0 atom stereocenters. The fourth-order valence-electron chi connectivity index (χ4n) is 2.09. The van der Waals surface area contributed by atoms with Crippen molar-refractivity contribution < 1.29 is 13.2 Å². The Morgan fingerprint density at radius 3 is 2.19 bits per heavy atom. The molecule has 0 saturated heterocycles. The number of carbonyl (C=O) groups is 1. The molecule has 0 aliphatic rings. The van der Waals surface area contributed by atoms with Crippen LogP contribution in [0.25, 0.3) is 6.08 Å². The zero-order valence-corrected chi connectivity index (χ0v) is 16.9. The Morgan fingerprint density at radius 2 is 1.63 bits per heavy atom. The van der Waals surface area contributed by atoms with Crippen molar-refractivity contribution in [2.75, 3.05) is 19.4 Å². The number of rotatable bonds is 5. The predicted molar refractivity (Wildman–Crippen MR) is 112 cm³/mol. The number of carbonyl (C=O) groups excluding carboxylic acids is 1. The fourth-order valence-corrected chi connectivity index (χ4v) is 3.21. The molecule has 2 aromatic rings. The van der Waals surface area contributed by atoms with Crippen molar-refractivity contribution in [2.24, 2.45) is 0 Å². The van der Waals surface area contributed by atoms with Crippen LogP contribution in [-0.2, 0) is 14.8 Å². The van der Waals surface area contributed by atoms with E-state index in [-0.39, 0.29) is 15.9 Å². The molecule has 0 heterocycles. The molecule has 8 heteroatoms. The first-order valence-electron chi connectivity index (χ1n) is 8.08. The third-order valence-corrected chi connectivity index (χ3v) is 5.67. The Kier molecular flexibility index (Phi) is 6.84. The lowest BCUT2D eigenvalue weighted by molar-refractivity contribution is -0.115. The highest BCUT2D eigenvalue weighted by Crippen LogP contribution is 2.16. The first-order chi connectivity index (χ1) is 12.7. The highest BCUT2D eigenvalue weighted by molar-refractivity contribution is 7.89. The van der Waals surface area contributed by atoms with Crippen molar-refractivity contribution in [1.82, 2.24) is 9.62 Å². The molecule has 6 nitrogen and oxygen atoms in total. The van der Waals surface area contributed by atoms with E-state index in [9.17, 15) is 13.2 Å². The van der Waals surface area contributed by atoms with Crippen LogP contribution >= 0.6 is 12.2 Å². The Morgan fingerprint density at radius 1 is 1.04 bits per heavy atom. The molecule has 2 aromatic carbocycles. The van der Waals surface area contributed by atoms with Gasteiger partial charge in [-0.1, -0.05) is 29.8 Å². The summed E-state index contributed by atoms with van der Waals surface area (Å²) in [5.74, 6) is -0.361. The SMILES string of the molecule is Cc1ccc(/C=C/C(=O)NC(=S)Nc2ccc(S(=O)(=O)N(C)C)cc2)cc1. The van der Waals surface area contributed by atoms with Gasteiger partial charge in [-0.2, -0.15) is 0 Å². The molecule has 0 aliphatic carbocycles. The van der Waals surface area contributed by atoms with Crippen molar-refractivity contribution in [3.8, 4) is 0 Å². The van der Waals surface area contributed by atoms with Crippen LogP contribution in [0.15, 0.2) is 59.5 Å². The third kappa shape index (κ3) is 5.99. The molecule has 0 unspecified atom stereocenters. The Balaban J connectivity index is 1.93. The number of hydrogen-bond acceptors (Lipinski definition) is 4. The van der Waals surface area contributed by atoms with E-state index in [0.717, 1.165) is 15.4 Å². The maximum atomic E-state index is 12.0. The van der Waals surface area contributed by atoms with Crippen LogP contribution in [0.2, 0.25) is 0 Å². The van der Waals surface area contributed by atoms with Gasteiger partial charge in [-0.05, 0) is 55.0 Å². The van der Waals surface area contributed by atoms with Gasteiger partial charge in [-0.25, -0.2) is 12.7 Å². The van der Waals surface area contributed by atoms with Crippen LogP contribution in [0.3, 0.4) is 0 Å². The predicted octanol–water partition coefficient (Wildman–Crippen LogP) is 2.77. The normalized spacial score (nSPS) is 11.6. The van der Waals surface area contributed by atoms with Gasteiger partial charge >= 0.3 is 0 Å². The quantitative estimate of drug-likeness (QED) is 0.593. The number of anilines is 1. The number of hydrogen-bond donors (Lipinski definition) is 2. The fraction of sp³-hybridized carbons (Fsp3) is 0.158. The number of amides is 1. The molecule has 2 rings (SSSR count). The topological polar surface area (TPSA) is 78.5 Å². The minimum Gasteiger partial charge on any atom is -0.332 e. The molecule has 0 aliphatic heterocycles. The second-order valence-corrected chi connectivity index (χ2v) is 8.56. The number of nitrogens with one attached hydrogen (secondary N) is 2. The van der Waals surface area contributed by atoms with E-state index in [1.807, 2.05) is 31.2 Å². The first-order valence-corrected chi connectivity index (χ1v) is 9.92. The van der Waals surface area contributed by atoms with Crippen LogP contribution in [0.1, 0.15) is 11.1 Å². The van der Waals surface area contributed by atoms with E-state index in [0.29, 0.717) is 5.69 Å². The Labute approximate surface area is 164 Å². The molecular weight excluding hydrogens is 382 g/mol. The molecule has 27 heavy (non-hydrogen) atoms. The summed E-state index contributed by atoms with van der Waals surface area (Å²) in [6, 6.07) is 13.9. The molecule has 0 spiro atoms. The van der Waals surface area contributed by atoms with Crippen molar-refractivity contribution in [3.63, 3.8) is 0 Å². The lowest BCUT2D eigenvalue weighted by Crippen LogP contribution is -2.32. The summed E-state index contributed by atoms with van der Waals surface area (Å²) in [4.78, 5) is 12.1. The monoisotopic (exact) mass is 403 g/mol. The second kappa shape index (κ2) is 8.90. The summed E-state index contributed by atoms with van der Waals surface area (Å²) in [7, 11) is -0.547. The minimum atomic E-state index is -3.48. The van der Waals surface area contributed by atoms with Gasteiger partial charge < -0.3 is 5.32 Å². The Hall–Kier alpha value is -2.55. The summed E-state index contributed by atoms with van der Waals surface area (Å²) >= 11 is 5.10. The molecule has 2 N–H and O–H groups in total. The summed E-state index contributed by atoms with van der Waals surface area (Å²) in [5, 5.41) is 5.51. The van der Waals surface area contributed by atoms with E-state index in [4.69, 9.17) is 12.2 Å². The van der Waals surface area contributed by atoms with E-state index in [1.165, 1.54) is 32.3 Å². The van der Waals surface area contributed by atoms with E-state index >= 15 is 0 Å². The molecule has 0 saturated carbocycles. The van der Waals surface area contributed by atoms with Crippen LogP contribution in [0.4, 0.5) is 5.69 Å². The number of thiocarbonyl (C=S) groups is 1. The van der Waals surface area contributed by atoms with Crippen LogP contribution in [-0.4, -0.2) is 37.8 Å². The van der Waals surface area contributed by atoms with Crippen molar-refractivity contribution in [1.29, 1.82) is 0 Å². The zero-order chi connectivity index (χ0) is 20.0. The highest BCUT2D eigenvalue weighted by Gasteiger charge is 2.16. The molecule has 0 fully saturated rings. The highest BCUT2D eigenvalue weighted by atomic mass is 32.2. The Bertz CT molecular complexity index is 949. The second-order valence-electron chi connectivity index (χ2n) is 6.00. The smallest absolute Gasteiger partial charge is 0.250 e. The number of aryl methyl sites for hydroxylation is 1. The van der Waals surface area contributed by atoms with Gasteiger partial charge in [0.1, 0.15) is 0 Å². The van der Waals surface area contributed by atoms with E-state index in [2.05, 4.69) is 10.6 Å². The van der Waals surface area contributed by atoms with Gasteiger partial charge in [-0.15, -0.1) is 0 Å². The van der Waals surface area contributed by atoms with E-state index in [1.54, 1.807) is 18.2 Å². The summed E-state index contributed by atoms with van der Waals surface area (Å²) in [6.07, 6.45) is 3.09. The third-order valence-electron chi connectivity index (χ3n) is 3.63. The maximum absolute atomic E-state index is 12.0. The van der Waals surface area contributed by atoms with Gasteiger partial charge in [0.05, 0.1) is 4.90 Å². The van der Waals surface area contributed by atoms with E-state index < -0.39 is 10.0 Å². The van der Waals surface area contributed by atoms with Gasteiger partial charge in [0, 0.05) is 25.9 Å². The largest absolute Gasteiger partial charge is 0.332 e. The molecule has 1 amide bonds. The van der Waals surface area contributed by atoms with Gasteiger partial charge in [0.25, 0.3) is 0 Å². The summed E-state index contributed by atoms with van der Waals surface area (Å²) in [5.41, 5.74) is 2.62. The lowest BCUT2D eigenvalue weighted by Gasteiger charge is -2.12. The average molecular weight is 404 g/mol. The zero-order valence-electron chi connectivity index (χ0n) is 15.3. The van der Waals surface area contributed by atoms with Crippen molar-refractivity contribution in [3.05, 3.63) is 65.7 Å². The summed E-state index contributed by atoms with van der Waals surface area (Å²) < 4.78 is 25.2. The number of sulfonamides is 1. The van der Waals surface area contributed by atoms with Crippen LogP contribution < -0.4 is 10.6 Å². The minimum absolute atomic E-state index is 0.122. The number of benzene rings is 2. The van der Waals surface area contributed by atoms with Gasteiger partial charge in [0.15, 0.2) is 5.11 Å². The first kappa shape index (κ1) is 20.8. The molecule has 0 radical (unpaired) electrons. The maximum Gasteiger partial charge on any atom is 0.250 e. The number of nitrogens with zero attached hydrogens (tertiary/aromatic N) is 1. The molecule has 0 bridgehead atoms. The van der Waals surface area contributed by atoms with Gasteiger partial charge in [-0.3, -0.25) is 10.1 Å². The summed E-state index contributed by atoms with van der Waals surface area (Å²) in [6.45, 7) is 1.99. The molecule has 142 valence electrons. The molecular formula is C19H21N3O3S2. The van der Waals surface area contributed by atoms with Crippen molar-refractivity contribution in [2.45, 2.75) is 11.8 Å². The van der Waals surface area contributed by atoms with Crippen molar-refractivity contribution >= 4 is 45.0 Å². The lowest BCUT2D eigenvalue weighted by atomic mass is 10.1. The van der Waals surface area contributed by atoms with Crippen LogP contribution in [0.5, 0.6) is 0 Å². The standard InChI is InChI=1S/C19H21N3O3S2/c1-14-4-6-15(7-5-14)8-13-18(23)21-19(26)20-16-9-11-17(12-10-16)27(24,25)22(2)3/h4-13H,1-3H3,(H2,20,21,23,26)/b13-8+. The molecule has 0 aromatic heterocycles.